The summed E-state index contributed by atoms with van der Waals surface area (Å²) >= 11 is 0. The number of carbonyl (C=O) groups is 2. The Kier molecular flexibility index (Phi) is 8.32. The topological polar surface area (TPSA) is 87.7 Å². The highest BCUT2D eigenvalue weighted by Crippen LogP contribution is 2.04. The van der Waals surface area contributed by atoms with Crippen LogP contribution in [-0.2, 0) is 14.3 Å². The van der Waals surface area contributed by atoms with Crippen LogP contribution in [0, 0.1) is 5.92 Å². The van der Waals surface area contributed by atoms with Crippen molar-refractivity contribution in [1.29, 1.82) is 0 Å². The summed E-state index contributed by atoms with van der Waals surface area (Å²) in [5.74, 6) is -0.359. The van der Waals surface area contributed by atoms with Crippen LogP contribution >= 0.6 is 0 Å². The zero-order valence-electron chi connectivity index (χ0n) is 11.5. The smallest absolute Gasteiger partial charge is 0.329 e. The fourth-order valence-corrected chi connectivity index (χ4v) is 1.66. The van der Waals surface area contributed by atoms with Gasteiger partial charge >= 0.3 is 5.97 Å². The Balaban J connectivity index is 4.30. The van der Waals surface area contributed by atoms with Crippen molar-refractivity contribution in [3.63, 3.8) is 0 Å². The average molecular weight is 260 g/mol. The summed E-state index contributed by atoms with van der Waals surface area (Å²) in [4.78, 5) is 22.4. The van der Waals surface area contributed by atoms with Crippen LogP contribution in [-0.4, -0.2) is 49.3 Å². The summed E-state index contributed by atoms with van der Waals surface area (Å²) in [5.41, 5.74) is 0. The van der Waals surface area contributed by atoms with Gasteiger partial charge in [-0.05, 0) is 12.3 Å². The van der Waals surface area contributed by atoms with Crippen molar-refractivity contribution in [2.45, 2.75) is 39.3 Å². The number of ether oxygens (including phenoxy) is 1. The number of esters is 1. The first-order valence-electron chi connectivity index (χ1n) is 6.09. The number of rotatable bonds is 8. The molecule has 0 spiro atoms. The molecule has 3 N–H and O–H groups in total. The first kappa shape index (κ1) is 16.9. The molecule has 6 heteroatoms. The second-order valence-electron chi connectivity index (χ2n) is 4.69. The Morgan fingerprint density at radius 2 is 1.94 bits per heavy atom. The summed E-state index contributed by atoms with van der Waals surface area (Å²) in [7, 11) is 1.27. The fourth-order valence-electron chi connectivity index (χ4n) is 1.66. The molecule has 0 aliphatic rings. The van der Waals surface area contributed by atoms with Gasteiger partial charge in [-0.25, -0.2) is 4.79 Å². The molecule has 6 nitrogen and oxygen atoms in total. The third kappa shape index (κ3) is 7.24. The Bertz CT molecular complexity index is 269. The Hall–Kier alpha value is -1.14. The van der Waals surface area contributed by atoms with Crippen LogP contribution in [0.2, 0.25) is 0 Å². The van der Waals surface area contributed by atoms with Crippen molar-refractivity contribution >= 4 is 11.9 Å². The molecule has 106 valence electrons. The van der Waals surface area contributed by atoms with E-state index in [0.717, 1.165) is 6.42 Å². The number of methoxy groups -OCH3 is 1. The van der Waals surface area contributed by atoms with E-state index < -0.39 is 12.0 Å². The highest BCUT2D eigenvalue weighted by Gasteiger charge is 2.21. The van der Waals surface area contributed by atoms with Gasteiger partial charge in [0.25, 0.3) is 0 Å². The van der Waals surface area contributed by atoms with Gasteiger partial charge in [0, 0.05) is 19.5 Å². The second-order valence-corrected chi connectivity index (χ2v) is 4.69. The van der Waals surface area contributed by atoms with Crippen LogP contribution in [0.15, 0.2) is 0 Å². The minimum Gasteiger partial charge on any atom is -0.467 e. The molecule has 1 amide bonds. The maximum absolute atomic E-state index is 11.4. The first-order valence-corrected chi connectivity index (χ1v) is 6.09. The number of hydrogen-bond donors (Lipinski definition) is 3. The Morgan fingerprint density at radius 3 is 2.33 bits per heavy atom. The first-order chi connectivity index (χ1) is 8.40. The van der Waals surface area contributed by atoms with Gasteiger partial charge in [0.2, 0.25) is 5.91 Å². The van der Waals surface area contributed by atoms with E-state index in [0.29, 0.717) is 5.92 Å². The predicted octanol–water partition coefficient (Wildman–Crippen LogP) is -0.339. The van der Waals surface area contributed by atoms with Gasteiger partial charge in [0.05, 0.1) is 13.7 Å². The van der Waals surface area contributed by atoms with Crippen LogP contribution < -0.4 is 10.6 Å². The zero-order chi connectivity index (χ0) is 14.1. The standard InChI is InChI=1S/C12H24N2O4/c1-8(2)5-10(7-15)13-6-11(12(17)18-4)14-9(3)16/h8,10-11,13,15H,5-7H2,1-4H3,(H,14,16). The lowest BCUT2D eigenvalue weighted by atomic mass is 10.0. The average Bonchev–Trinajstić information content (AvgIpc) is 2.30. The van der Waals surface area contributed by atoms with Crippen molar-refractivity contribution in [3.05, 3.63) is 0 Å². The van der Waals surface area contributed by atoms with Crippen molar-refractivity contribution in [3.8, 4) is 0 Å². The van der Waals surface area contributed by atoms with Gasteiger partial charge < -0.3 is 20.5 Å². The van der Waals surface area contributed by atoms with E-state index in [4.69, 9.17) is 0 Å². The van der Waals surface area contributed by atoms with Crippen LogP contribution in [0.3, 0.4) is 0 Å². The van der Waals surface area contributed by atoms with E-state index in [2.05, 4.69) is 29.2 Å². The van der Waals surface area contributed by atoms with Gasteiger partial charge in [0.1, 0.15) is 6.04 Å². The maximum atomic E-state index is 11.4. The summed E-state index contributed by atoms with van der Waals surface area (Å²) in [5, 5.41) is 14.8. The lowest BCUT2D eigenvalue weighted by molar-refractivity contribution is -0.144. The maximum Gasteiger partial charge on any atom is 0.329 e. The number of amides is 1. The molecule has 0 radical (unpaired) electrons. The van der Waals surface area contributed by atoms with E-state index in [1.807, 2.05) is 0 Å². The van der Waals surface area contributed by atoms with Crippen molar-refractivity contribution < 1.29 is 19.4 Å². The van der Waals surface area contributed by atoms with Gasteiger partial charge in [-0.2, -0.15) is 0 Å². The SMILES string of the molecule is COC(=O)C(CNC(CO)CC(C)C)NC(C)=O. The quantitative estimate of drug-likeness (QED) is 0.520. The monoisotopic (exact) mass is 260 g/mol. The van der Waals surface area contributed by atoms with E-state index >= 15 is 0 Å². The lowest BCUT2D eigenvalue weighted by Crippen LogP contribution is -2.50. The summed E-state index contributed by atoms with van der Waals surface area (Å²) in [6, 6.07) is -0.820. The van der Waals surface area contributed by atoms with Crippen molar-refractivity contribution in [2.24, 2.45) is 5.92 Å². The molecule has 2 unspecified atom stereocenters. The molecule has 0 bridgehead atoms. The number of hydrogen-bond acceptors (Lipinski definition) is 5. The number of aliphatic hydroxyl groups is 1. The molecule has 0 saturated heterocycles. The molecule has 0 aromatic heterocycles. The van der Waals surface area contributed by atoms with Crippen LogP contribution in [0.1, 0.15) is 27.2 Å². The number of carbonyl (C=O) groups excluding carboxylic acids is 2. The third-order valence-corrected chi connectivity index (χ3v) is 2.45. The van der Waals surface area contributed by atoms with Gasteiger partial charge in [0.15, 0.2) is 0 Å². The Morgan fingerprint density at radius 1 is 1.33 bits per heavy atom. The predicted molar refractivity (Wildman–Crippen MR) is 68.0 cm³/mol. The van der Waals surface area contributed by atoms with Crippen LogP contribution in [0.5, 0.6) is 0 Å². The molecule has 0 rings (SSSR count). The molecule has 2 atom stereocenters. The highest BCUT2D eigenvalue weighted by molar-refractivity contribution is 5.83. The Labute approximate surface area is 108 Å². The molecule has 0 heterocycles. The van der Waals surface area contributed by atoms with E-state index in [-0.39, 0.29) is 25.1 Å². The summed E-state index contributed by atoms with van der Waals surface area (Å²) in [6.07, 6.45) is 0.796. The normalized spacial score (nSPS) is 14.1. The minimum atomic E-state index is -0.728. The molecule has 18 heavy (non-hydrogen) atoms. The highest BCUT2D eigenvalue weighted by atomic mass is 16.5. The third-order valence-electron chi connectivity index (χ3n) is 2.45. The molecule has 0 fully saturated rings. The molecule has 0 aromatic rings. The second kappa shape index (κ2) is 8.88. The molecule has 0 aliphatic heterocycles. The van der Waals surface area contributed by atoms with Crippen molar-refractivity contribution in [1.82, 2.24) is 10.6 Å². The largest absolute Gasteiger partial charge is 0.467 e. The number of nitrogens with one attached hydrogen (secondary N) is 2. The van der Waals surface area contributed by atoms with E-state index in [1.165, 1.54) is 14.0 Å². The fraction of sp³-hybridized carbons (Fsp3) is 0.833. The van der Waals surface area contributed by atoms with E-state index in [1.54, 1.807) is 0 Å². The summed E-state index contributed by atoms with van der Waals surface area (Å²) < 4.78 is 4.60. The summed E-state index contributed by atoms with van der Waals surface area (Å²) in [6.45, 7) is 5.68. The minimum absolute atomic E-state index is 0.00779. The molecule has 0 aliphatic carbocycles. The van der Waals surface area contributed by atoms with Gasteiger partial charge in [-0.1, -0.05) is 13.8 Å². The molecular formula is C12H24N2O4. The zero-order valence-corrected chi connectivity index (χ0v) is 11.5. The molecular weight excluding hydrogens is 236 g/mol. The lowest BCUT2D eigenvalue weighted by Gasteiger charge is -2.22. The molecule has 0 saturated carbocycles. The molecule has 0 aromatic carbocycles. The number of aliphatic hydroxyl groups excluding tert-OH is 1. The van der Waals surface area contributed by atoms with Gasteiger partial charge in [-0.15, -0.1) is 0 Å². The van der Waals surface area contributed by atoms with Crippen LogP contribution in [0.25, 0.3) is 0 Å². The van der Waals surface area contributed by atoms with Crippen LogP contribution in [0.4, 0.5) is 0 Å². The van der Waals surface area contributed by atoms with Crippen molar-refractivity contribution in [2.75, 3.05) is 20.3 Å². The van der Waals surface area contributed by atoms with Gasteiger partial charge in [-0.3, -0.25) is 4.79 Å². The van der Waals surface area contributed by atoms with E-state index in [9.17, 15) is 14.7 Å².